The quantitative estimate of drug-likeness (QED) is 0.455. The van der Waals surface area contributed by atoms with Crippen molar-refractivity contribution in [3.63, 3.8) is 0 Å². The van der Waals surface area contributed by atoms with Crippen LogP contribution in [-0.4, -0.2) is 22.6 Å². The second-order valence-corrected chi connectivity index (χ2v) is 4.04. The van der Waals surface area contributed by atoms with Gasteiger partial charge >= 0.3 is 0 Å². The molecule has 2 rings (SSSR count). The van der Waals surface area contributed by atoms with Gasteiger partial charge in [-0.3, -0.25) is 19.6 Å². The molecule has 0 aliphatic heterocycles. The van der Waals surface area contributed by atoms with Crippen LogP contribution in [0.3, 0.4) is 0 Å². The lowest BCUT2D eigenvalue weighted by atomic mass is 10.2. The molecule has 0 spiro atoms. The first-order valence-electron chi connectivity index (χ1n) is 5.76. The molecule has 8 heteroatoms. The SMILES string of the molecule is COc1nc(C)cc(=O)n1Cc1occc1C(=O)NN. The number of carbonyl (C=O) groups is 1. The fourth-order valence-corrected chi connectivity index (χ4v) is 1.78. The molecule has 0 saturated heterocycles. The molecule has 0 radical (unpaired) electrons. The van der Waals surface area contributed by atoms with Crippen molar-refractivity contribution >= 4 is 5.91 Å². The van der Waals surface area contributed by atoms with Crippen molar-refractivity contribution in [3.8, 4) is 6.01 Å². The van der Waals surface area contributed by atoms with Crippen LogP contribution in [-0.2, 0) is 6.54 Å². The van der Waals surface area contributed by atoms with Gasteiger partial charge in [0.25, 0.3) is 17.5 Å². The summed E-state index contributed by atoms with van der Waals surface area (Å²) in [7, 11) is 1.41. The summed E-state index contributed by atoms with van der Waals surface area (Å²) in [4.78, 5) is 27.6. The molecule has 106 valence electrons. The molecule has 3 N–H and O–H groups in total. The third-order valence-corrected chi connectivity index (χ3v) is 2.71. The van der Waals surface area contributed by atoms with E-state index in [9.17, 15) is 9.59 Å². The molecular weight excluding hydrogens is 264 g/mol. The molecule has 1 amide bonds. The monoisotopic (exact) mass is 278 g/mol. The molecule has 2 heterocycles. The maximum Gasteiger partial charge on any atom is 0.299 e. The zero-order valence-electron chi connectivity index (χ0n) is 11.0. The van der Waals surface area contributed by atoms with Crippen molar-refractivity contribution in [3.05, 3.63) is 45.8 Å². The van der Waals surface area contributed by atoms with E-state index in [0.29, 0.717) is 11.5 Å². The molecule has 20 heavy (non-hydrogen) atoms. The van der Waals surface area contributed by atoms with Gasteiger partial charge in [0.15, 0.2) is 0 Å². The Balaban J connectivity index is 2.43. The van der Waals surface area contributed by atoms with Crippen LogP contribution < -0.4 is 21.6 Å². The lowest BCUT2D eigenvalue weighted by Gasteiger charge is -2.10. The highest BCUT2D eigenvalue weighted by atomic mass is 16.5. The molecule has 0 aliphatic rings. The van der Waals surface area contributed by atoms with E-state index in [0.717, 1.165) is 0 Å². The van der Waals surface area contributed by atoms with Gasteiger partial charge in [-0.25, -0.2) is 10.8 Å². The van der Waals surface area contributed by atoms with E-state index in [2.05, 4.69) is 4.98 Å². The number of nitrogens with one attached hydrogen (secondary N) is 1. The molecule has 0 saturated carbocycles. The highest BCUT2D eigenvalue weighted by Crippen LogP contribution is 2.14. The smallest absolute Gasteiger partial charge is 0.299 e. The second-order valence-electron chi connectivity index (χ2n) is 4.04. The Morgan fingerprint density at radius 1 is 1.60 bits per heavy atom. The molecule has 0 atom stereocenters. The normalized spacial score (nSPS) is 10.3. The highest BCUT2D eigenvalue weighted by molar-refractivity contribution is 5.94. The van der Waals surface area contributed by atoms with Crippen LogP contribution in [0, 0.1) is 6.92 Å². The molecule has 0 unspecified atom stereocenters. The van der Waals surface area contributed by atoms with Crippen LogP contribution in [0.4, 0.5) is 0 Å². The molecule has 0 bridgehead atoms. The van der Waals surface area contributed by atoms with Crippen molar-refractivity contribution in [2.75, 3.05) is 7.11 Å². The number of methoxy groups -OCH3 is 1. The van der Waals surface area contributed by atoms with Gasteiger partial charge < -0.3 is 9.15 Å². The van der Waals surface area contributed by atoms with E-state index in [1.807, 2.05) is 5.43 Å². The average molecular weight is 278 g/mol. The summed E-state index contributed by atoms with van der Waals surface area (Å²) in [5, 5.41) is 0. The Morgan fingerprint density at radius 2 is 2.35 bits per heavy atom. The summed E-state index contributed by atoms with van der Waals surface area (Å²) in [6.07, 6.45) is 1.35. The number of hydrogen-bond acceptors (Lipinski definition) is 6. The molecule has 0 aliphatic carbocycles. The number of nitrogens with two attached hydrogens (primary N) is 1. The minimum atomic E-state index is -0.499. The largest absolute Gasteiger partial charge is 0.468 e. The summed E-state index contributed by atoms with van der Waals surface area (Å²) in [5.74, 6) is 4.88. The number of furan rings is 1. The molecule has 0 aromatic carbocycles. The Kier molecular flexibility index (Phi) is 3.85. The van der Waals surface area contributed by atoms with Gasteiger partial charge in [0, 0.05) is 11.8 Å². The second kappa shape index (κ2) is 5.57. The standard InChI is InChI=1S/C12H14N4O4/c1-7-5-10(17)16(12(14-7)19-2)6-9-8(3-4-20-9)11(18)15-13/h3-5H,6,13H2,1-2H3,(H,15,18). The lowest BCUT2D eigenvalue weighted by molar-refractivity contribution is 0.0951. The van der Waals surface area contributed by atoms with E-state index >= 15 is 0 Å². The molecule has 0 fully saturated rings. The van der Waals surface area contributed by atoms with Crippen molar-refractivity contribution in [2.45, 2.75) is 13.5 Å². The first kappa shape index (κ1) is 13.8. The zero-order chi connectivity index (χ0) is 14.7. The van der Waals surface area contributed by atoms with Crippen LogP contribution in [0.2, 0.25) is 0 Å². The van der Waals surface area contributed by atoms with E-state index in [1.54, 1.807) is 6.92 Å². The average Bonchev–Trinajstić information content (AvgIpc) is 2.88. The first-order chi connectivity index (χ1) is 9.56. The van der Waals surface area contributed by atoms with Gasteiger partial charge in [0.05, 0.1) is 25.5 Å². The molecule has 8 nitrogen and oxygen atoms in total. The van der Waals surface area contributed by atoms with Crippen molar-refractivity contribution in [2.24, 2.45) is 5.84 Å². The summed E-state index contributed by atoms with van der Waals surface area (Å²) >= 11 is 0. The van der Waals surface area contributed by atoms with Crippen LogP contribution >= 0.6 is 0 Å². The van der Waals surface area contributed by atoms with Gasteiger partial charge in [0.1, 0.15) is 5.76 Å². The van der Waals surface area contributed by atoms with Gasteiger partial charge in [-0.1, -0.05) is 0 Å². The Bertz CT molecular complexity index is 689. The Morgan fingerprint density at radius 3 is 3.00 bits per heavy atom. The minimum Gasteiger partial charge on any atom is -0.468 e. The first-order valence-corrected chi connectivity index (χ1v) is 5.76. The number of nitrogens with zero attached hydrogens (tertiary/aromatic N) is 2. The highest BCUT2D eigenvalue weighted by Gasteiger charge is 2.17. The third-order valence-electron chi connectivity index (χ3n) is 2.71. The number of ether oxygens (including phenoxy) is 1. The third kappa shape index (κ3) is 2.54. The maximum absolute atomic E-state index is 12.0. The van der Waals surface area contributed by atoms with Gasteiger partial charge in [-0.15, -0.1) is 0 Å². The summed E-state index contributed by atoms with van der Waals surface area (Å²) in [6.45, 7) is 1.71. The number of amides is 1. The summed E-state index contributed by atoms with van der Waals surface area (Å²) < 4.78 is 11.5. The fraction of sp³-hybridized carbons (Fsp3) is 0.250. The number of rotatable bonds is 4. The maximum atomic E-state index is 12.0. The number of nitrogen functional groups attached to an aromatic ring is 1. The zero-order valence-corrected chi connectivity index (χ0v) is 11.0. The lowest BCUT2D eigenvalue weighted by Crippen LogP contribution is -2.31. The number of hydrazine groups is 1. The molecule has 2 aromatic rings. The number of carbonyl (C=O) groups excluding carboxylic acids is 1. The minimum absolute atomic E-state index is 0.0189. The van der Waals surface area contributed by atoms with E-state index < -0.39 is 5.91 Å². The van der Waals surface area contributed by atoms with Crippen LogP contribution in [0.5, 0.6) is 6.01 Å². The van der Waals surface area contributed by atoms with E-state index in [-0.39, 0.29) is 23.7 Å². The van der Waals surface area contributed by atoms with Crippen molar-refractivity contribution in [1.82, 2.24) is 15.0 Å². The Labute approximate surface area is 114 Å². The number of hydrogen-bond donors (Lipinski definition) is 2. The van der Waals surface area contributed by atoms with Crippen LogP contribution in [0.1, 0.15) is 21.8 Å². The fourth-order valence-electron chi connectivity index (χ4n) is 1.78. The topological polar surface area (TPSA) is 112 Å². The van der Waals surface area contributed by atoms with Crippen molar-refractivity contribution < 1.29 is 13.9 Å². The Hall–Kier alpha value is -2.61. The molecule has 2 aromatic heterocycles. The summed E-state index contributed by atoms with van der Waals surface area (Å²) in [6, 6.07) is 2.98. The van der Waals surface area contributed by atoms with Gasteiger partial charge in [-0.05, 0) is 13.0 Å². The predicted molar refractivity (Wildman–Crippen MR) is 69.2 cm³/mol. The summed E-state index contributed by atoms with van der Waals surface area (Å²) in [5.41, 5.74) is 2.51. The van der Waals surface area contributed by atoms with Crippen LogP contribution in [0.25, 0.3) is 0 Å². The molecular formula is C12H14N4O4. The van der Waals surface area contributed by atoms with E-state index in [1.165, 1.54) is 30.1 Å². The number of aryl methyl sites for hydroxylation is 1. The van der Waals surface area contributed by atoms with Gasteiger partial charge in [-0.2, -0.15) is 0 Å². The predicted octanol–water partition coefficient (Wildman–Crippen LogP) is -0.195. The van der Waals surface area contributed by atoms with Crippen LogP contribution in [0.15, 0.2) is 27.6 Å². The van der Waals surface area contributed by atoms with Crippen molar-refractivity contribution in [1.29, 1.82) is 0 Å². The number of aromatic nitrogens is 2. The van der Waals surface area contributed by atoms with E-state index in [4.69, 9.17) is 15.0 Å². The van der Waals surface area contributed by atoms with Gasteiger partial charge in [0.2, 0.25) is 0 Å².